The van der Waals surface area contributed by atoms with Crippen molar-refractivity contribution in [1.29, 1.82) is 0 Å². The van der Waals surface area contributed by atoms with Crippen LogP contribution in [0.25, 0.3) is 6.08 Å². The topological polar surface area (TPSA) is 82.1 Å². The first-order valence-electron chi connectivity index (χ1n) is 8.34. The van der Waals surface area contributed by atoms with Crippen LogP contribution in [0.5, 0.6) is 17.2 Å². The predicted molar refractivity (Wildman–Crippen MR) is 120 cm³/mol. The zero-order valence-corrected chi connectivity index (χ0v) is 19.2. The Bertz CT molecular complexity index is 1150. The summed E-state index contributed by atoms with van der Waals surface area (Å²) >= 11 is 12.6. The number of ether oxygens (including phenoxy) is 2. The number of benzene rings is 2. The van der Waals surface area contributed by atoms with Crippen molar-refractivity contribution in [2.45, 2.75) is 4.90 Å². The van der Waals surface area contributed by atoms with E-state index in [1.54, 1.807) is 13.1 Å². The lowest BCUT2D eigenvalue weighted by molar-refractivity contribution is -0.121. The molecule has 1 heterocycles. The van der Waals surface area contributed by atoms with Crippen LogP contribution < -0.4 is 13.7 Å². The third-order valence-corrected chi connectivity index (χ3v) is 7.08. The van der Waals surface area contributed by atoms with Gasteiger partial charge in [-0.25, -0.2) is 0 Å². The van der Waals surface area contributed by atoms with Gasteiger partial charge in [0.15, 0.2) is 5.75 Å². The van der Waals surface area contributed by atoms with Gasteiger partial charge in [0.1, 0.15) is 15.0 Å². The summed E-state index contributed by atoms with van der Waals surface area (Å²) in [6.07, 6.45) is 1.60. The lowest BCUT2D eigenvalue weighted by atomic mass is 10.2. The van der Waals surface area contributed by atoms with E-state index in [1.165, 1.54) is 55.5 Å². The summed E-state index contributed by atoms with van der Waals surface area (Å²) in [5.74, 6) is 0.210. The molecule has 30 heavy (non-hydrogen) atoms. The number of carbonyl (C=O) groups is 1. The molecule has 0 aromatic heterocycles. The maximum atomic E-state index is 12.6. The number of thioether (sulfide) groups is 1. The molecule has 1 amide bonds. The second-order valence-corrected chi connectivity index (χ2v) is 9.62. The van der Waals surface area contributed by atoms with Gasteiger partial charge in [-0.3, -0.25) is 9.69 Å². The van der Waals surface area contributed by atoms with Crippen LogP contribution in [0.3, 0.4) is 0 Å². The van der Waals surface area contributed by atoms with E-state index in [-0.39, 0.29) is 27.3 Å². The second-order valence-electron chi connectivity index (χ2n) is 5.99. The predicted octanol–water partition coefficient (Wildman–Crippen LogP) is 3.96. The van der Waals surface area contributed by atoms with Gasteiger partial charge in [-0.2, -0.15) is 8.42 Å². The molecule has 2 aromatic carbocycles. The Morgan fingerprint density at radius 3 is 2.33 bits per heavy atom. The van der Waals surface area contributed by atoms with E-state index in [4.69, 9.17) is 37.5 Å². The lowest BCUT2D eigenvalue weighted by Gasteiger charge is -2.13. The van der Waals surface area contributed by atoms with Gasteiger partial charge in [0, 0.05) is 7.05 Å². The number of hydrogen-bond acceptors (Lipinski definition) is 8. The fourth-order valence-electron chi connectivity index (χ4n) is 2.50. The van der Waals surface area contributed by atoms with Crippen LogP contribution in [0.15, 0.2) is 46.2 Å². The molecular formula is C19H16ClNO6S3. The van der Waals surface area contributed by atoms with Gasteiger partial charge < -0.3 is 13.7 Å². The molecule has 0 atom stereocenters. The molecule has 0 spiro atoms. The highest BCUT2D eigenvalue weighted by molar-refractivity contribution is 8.26. The van der Waals surface area contributed by atoms with Gasteiger partial charge in [0.2, 0.25) is 5.75 Å². The van der Waals surface area contributed by atoms with Crippen molar-refractivity contribution >= 4 is 62.0 Å². The summed E-state index contributed by atoms with van der Waals surface area (Å²) in [4.78, 5) is 13.9. The number of carbonyl (C=O) groups excluding carboxylic acids is 1. The van der Waals surface area contributed by atoms with Gasteiger partial charge in [-0.15, -0.1) is 0 Å². The number of amides is 1. The Balaban J connectivity index is 1.94. The zero-order valence-electron chi connectivity index (χ0n) is 16.0. The first kappa shape index (κ1) is 22.4. The minimum Gasteiger partial charge on any atom is -0.497 e. The summed E-state index contributed by atoms with van der Waals surface area (Å²) in [5.41, 5.74) is 0.528. The molecule has 0 unspecified atom stereocenters. The van der Waals surface area contributed by atoms with Crippen LogP contribution >= 0.6 is 35.6 Å². The minimum atomic E-state index is -4.17. The van der Waals surface area contributed by atoms with Crippen molar-refractivity contribution in [3.8, 4) is 17.2 Å². The fraction of sp³-hybridized carbons (Fsp3) is 0.158. The van der Waals surface area contributed by atoms with Crippen LogP contribution in [0.4, 0.5) is 0 Å². The number of thiocarbonyl (C=S) groups is 1. The summed E-state index contributed by atoms with van der Waals surface area (Å²) < 4.78 is 41.3. The van der Waals surface area contributed by atoms with Crippen molar-refractivity contribution in [2.24, 2.45) is 0 Å². The van der Waals surface area contributed by atoms with Crippen molar-refractivity contribution in [3.05, 3.63) is 51.9 Å². The molecule has 0 saturated carbocycles. The number of rotatable bonds is 6. The molecule has 1 fully saturated rings. The van der Waals surface area contributed by atoms with Gasteiger partial charge in [-0.05, 0) is 48.0 Å². The van der Waals surface area contributed by atoms with Gasteiger partial charge >= 0.3 is 10.1 Å². The highest BCUT2D eigenvalue weighted by atomic mass is 35.5. The van der Waals surface area contributed by atoms with E-state index in [1.807, 2.05) is 0 Å². The largest absolute Gasteiger partial charge is 0.497 e. The molecule has 1 saturated heterocycles. The fourth-order valence-corrected chi connectivity index (χ4v) is 4.94. The molecule has 158 valence electrons. The normalized spacial score (nSPS) is 15.6. The third-order valence-electron chi connectivity index (χ3n) is 4.08. The van der Waals surface area contributed by atoms with E-state index >= 15 is 0 Å². The quantitative estimate of drug-likeness (QED) is 0.345. The Morgan fingerprint density at radius 1 is 1.13 bits per heavy atom. The van der Waals surface area contributed by atoms with Crippen molar-refractivity contribution < 1.29 is 26.9 Å². The van der Waals surface area contributed by atoms with Gasteiger partial charge in [-0.1, -0.05) is 35.6 Å². The number of halogens is 1. The minimum absolute atomic E-state index is 0.00432. The summed E-state index contributed by atoms with van der Waals surface area (Å²) in [6, 6.07) is 8.72. The molecule has 1 aliphatic heterocycles. The van der Waals surface area contributed by atoms with Gasteiger partial charge in [0.25, 0.3) is 5.91 Å². The van der Waals surface area contributed by atoms with Crippen LogP contribution in [-0.4, -0.2) is 44.8 Å². The summed E-state index contributed by atoms with van der Waals surface area (Å²) in [6.45, 7) is 0. The lowest BCUT2D eigenvalue weighted by Crippen LogP contribution is -2.22. The molecule has 0 aliphatic carbocycles. The van der Waals surface area contributed by atoms with E-state index in [2.05, 4.69) is 0 Å². The Kier molecular flexibility index (Phi) is 6.61. The first-order chi connectivity index (χ1) is 14.2. The summed E-state index contributed by atoms with van der Waals surface area (Å²) in [7, 11) is 0.253. The average molecular weight is 486 g/mol. The molecule has 0 radical (unpaired) electrons. The third kappa shape index (κ3) is 4.56. The van der Waals surface area contributed by atoms with E-state index < -0.39 is 10.1 Å². The van der Waals surface area contributed by atoms with Crippen LogP contribution in [0, 0.1) is 0 Å². The Hall–Kier alpha value is -2.27. The van der Waals surface area contributed by atoms with Crippen LogP contribution in [0.2, 0.25) is 5.02 Å². The van der Waals surface area contributed by atoms with E-state index in [0.717, 1.165) is 11.8 Å². The molecule has 7 nitrogen and oxygen atoms in total. The van der Waals surface area contributed by atoms with Crippen molar-refractivity contribution in [2.75, 3.05) is 21.3 Å². The highest BCUT2D eigenvalue weighted by Gasteiger charge is 2.29. The molecular weight excluding hydrogens is 470 g/mol. The molecule has 11 heteroatoms. The highest BCUT2D eigenvalue weighted by Crippen LogP contribution is 2.40. The molecule has 1 aliphatic rings. The molecule has 2 aromatic rings. The number of hydrogen-bond donors (Lipinski definition) is 0. The smallest absolute Gasteiger partial charge is 0.339 e. The van der Waals surface area contributed by atoms with Gasteiger partial charge in [0.05, 0.1) is 24.1 Å². The monoisotopic (exact) mass is 485 g/mol. The van der Waals surface area contributed by atoms with Crippen LogP contribution in [0.1, 0.15) is 5.56 Å². The Labute approximate surface area is 188 Å². The SMILES string of the molecule is COc1ccc(S(=O)(=O)Oc2c(Cl)cc(/C=C3\SC(=S)N(C)C3=O)cc2OC)cc1. The first-order valence-corrected chi connectivity index (χ1v) is 11.3. The Morgan fingerprint density at radius 2 is 1.80 bits per heavy atom. The molecule has 0 N–H and O–H groups in total. The second kappa shape index (κ2) is 8.84. The molecule has 3 rings (SSSR count). The maximum Gasteiger partial charge on any atom is 0.339 e. The van der Waals surface area contributed by atoms with Crippen LogP contribution in [-0.2, 0) is 14.9 Å². The average Bonchev–Trinajstić information content (AvgIpc) is 2.96. The standard InChI is InChI=1S/C19H16ClNO6S3/c1-21-18(22)16(29-19(21)28)10-11-8-14(20)17(15(9-11)26-3)27-30(23,24)13-6-4-12(25-2)5-7-13/h4-10H,1-3H3/b16-10-. The zero-order chi connectivity index (χ0) is 22.1. The summed E-state index contributed by atoms with van der Waals surface area (Å²) in [5, 5.41) is 0.00432. The maximum absolute atomic E-state index is 12.6. The van der Waals surface area contributed by atoms with E-state index in [0.29, 0.717) is 20.5 Å². The van der Waals surface area contributed by atoms with Crippen molar-refractivity contribution in [1.82, 2.24) is 4.90 Å². The number of methoxy groups -OCH3 is 2. The van der Waals surface area contributed by atoms with E-state index in [9.17, 15) is 13.2 Å². The molecule has 0 bridgehead atoms. The van der Waals surface area contributed by atoms with Crippen molar-refractivity contribution in [3.63, 3.8) is 0 Å². The number of likely N-dealkylation sites (N-methyl/N-ethyl adjacent to an activating group) is 1. The number of nitrogens with zero attached hydrogens (tertiary/aromatic N) is 1.